The maximum absolute atomic E-state index is 11.8. The highest BCUT2D eigenvalue weighted by Gasteiger charge is 2.29. The zero-order valence-corrected chi connectivity index (χ0v) is 14.6. The molecule has 0 radical (unpaired) electrons. The quantitative estimate of drug-likeness (QED) is 0.725. The minimum absolute atomic E-state index is 0.104. The molecule has 10 heteroatoms. The van der Waals surface area contributed by atoms with E-state index in [1.165, 1.54) is 0 Å². The largest absolute Gasteiger partial charge is 0.411 e. The van der Waals surface area contributed by atoms with E-state index in [2.05, 4.69) is 15.5 Å². The van der Waals surface area contributed by atoms with Crippen LogP contribution in [0.3, 0.4) is 0 Å². The third-order valence-electron chi connectivity index (χ3n) is 3.25. The molecule has 0 saturated carbocycles. The van der Waals surface area contributed by atoms with Crippen LogP contribution in [0.2, 0.25) is 0 Å². The summed E-state index contributed by atoms with van der Waals surface area (Å²) in [7, 11) is 0. The Hall–Kier alpha value is -2.33. The van der Waals surface area contributed by atoms with Crippen LogP contribution in [0.4, 0.5) is 4.79 Å². The second kappa shape index (κ2) is 8.17. The zero-order valence-electron chi connectivity index (χ0n) is 13.0. The van der Waals surface area contributed by atoms with Gasteiger partial charge in [-0.05, 0) is 12.1 Å². The summed E-state index contributed by atoms with van der Waals surface area (Å²) >= 11 is 2.10. The molecule has 1 aromatic carbocycles. The maximum Gasteiger partial charge on any atom is 0.288 e. The Labute approximate surface area is 151 Å². The Morgan fingerprint density at radius 3 is 2.80 bits per heavy atom. The van der Waals surface area contributed by atoms with Gasteiger partial charge in [-0.25, -0.2) is 0 Å². The van der Waals surface area contributed by atoms with Gasteiger partial charge in [-0.1, -0.05) is 41.7 Å². The monoisotopic (exact) mass is 378 g/mol. The van der Waals surface area contributed by atoms with Crippen molar-refractivity contribution >= 4 is 40.6 Å². The van der Waals surface area contributed by atoms with Crippen molar-refractivity contribution in [1.29, 1.82) is 0 Å². The van der Waals surface area contributed by atoms with Crippen molar-refractivity contribution in [1.82, 2.24) is 20.4 Å². The molecule has 2 heterocycles. The summed E-state index contributed by atoms with van der Waals surface area (Å²) in [6, 6.07) is 9.34. The molecular weight excluding hydrogens is 364 g/mol. The molecule has 1 N–H and O–H groups in total. The van der Waals surface area contributed by atoms with Gasteiger partial charge < -0.3 is 9.73 Å². The van der Waals surface area contributed by atoms with Gasteiger partial charge in [0.2, 0.25) is 17.7 Å². The molecule has 1 aromatic heterocycles. The average molecular weight is 378 g/mol. The molecule has 0 bridgehead atoms. The van der Waals surface area contributed by atoms with Gasteiger partial charge in [0, 0.05) is 18.7 Å². The number of carbonyl (C=O) groups is 3. The molecule has 2 aromatic rings. The van der Waals surface area contributed by atoms with Crippen LogP contribution < -0.4 is 5.32 Å². The molecule has 3 rings (SSSR count). The standard InChI is InChI=1S/C15H14N4O4S2/c20-11(16-6-7-19-12(21)9-25-15(19)22)8-24-14-18-17-13(23-14)10-4-2-1-3-5-10/h1-5H,6-9H2,(H,16,20). The minimum atomic E-state index is -0.270. The van der Waals surface area contributed by atoms with Gasteiger partial charge in [-0.2, -0.15) is 0 Å². The summed E-state index contributed by atoms with van der Waals surface area (Å²) in [4.78, 5) is 35.8. The molecule has 1 aliphatic heterocycles. The molecule has 1 saturated heterocycles. The smallest absolute Gasteiger partial charge is 0.288 e. The highest BCUT2D eigenvalue weighted by Crippen LogP contribution is 2.22. The number of hydrogen-bond acceptors (Lipinski definition) is 8. The average Bonchev–Trinajstić information content (AvgIpc) is 3.22. The molecule has 0 aliphatic carbocycles. The molecule has 8 nitrogen and oxygen atoms in total. The van der Waals surface area contributed by atoms with Crippen LogP contribution in [0.15, 0.2) is 40.0 Å². The van der Waals surface area contributed by atoms with Gasteiger partial charge in [0.25, 0.3) is 10.5 Å². The van der Waals surface area contributed by atoms with E-state index >= 15 is 0 Å². The molecule has 130 valence electrons. The molecule has 1 aliphatic rings. The summed E-state index contributed by atoms with van der Waals surface area (Å²) in [6.07, 6.45) is 0. The first-order valence-electron chi connectivity index (χ1n) is 7.39. The third kappa shape index (κ3) is 4.60. The fraction of sp³-hybridized carbons (Fsp3) is 0.267. The van der Waals surface area contributed by atoms with E-state index < -0.39 is 0 Å². The maximum atomic E-state index is 11.8. The lowest BCUT2D eigenvalue weighted by Gasteiger charge is -2.12. The van der Waals surface area contributed by atoms with E-state index in [9.17, 15) is 14.4 Å². The Bertz CT molecular complexity index is 765. The number of aromatic nitrogens is 2. The molecule has 1 fully saturated rings. The van der Waals surface area contributed by atoms with Crippen LogP contribution >= 0.6 is 23.5 Å². The number of rotatable bonds is 7. The lowest BCUT2D eigenvalue weighted by Crippen LogP contribution is -2.38. The van der Waals surface area contributed by atoms with Gasteiger partial charge in [0.05, 0.1) is 11.5 Å². The van der Waals surface area contributed by atoms with Crippen molar-refractivity contribution in [2.45, 2.75) is 5.22 Å². The normalized spacial score (nSPS) is 14.2. The molecule has 3 amide bonds. The lowest BCUT2D eigenvalue weighted by atomic mass is 10.2. The summed E-state index contributed by atoms with van der Waals surface area (Å²) in [6.45, 7) is 0.399. The van der Waals surface area contributed by atoms with Crippen molar-refractivity contribution in [2.75, 3.05) is 24.6 Å². The van der Waals surface area contributed by atoms with Gasteiger partial charge in [-0.15, -0.1) is 10.2 Å². The first-order valence-corrected chi connectivity index (χ1v) is 9.36. The Morgan fingerprint density at radius 2 is 2.08 bits per heavy atom. The second-order valence-corrected chi connectivity index (χ2v) is 6.83. The predicted molar refractivity (Wildman–Crippen MR) is 93.0 cm³/mol. The summed E-state index contributed by atoms with van der Waals surface area (Å²) in [5.41, 5.74) is 0.809. The minimum Gasteiger partial charge on any atom is -0.411 e. The van der Waals surface area contributed by atoms with E-state index in [-0.39, 0.29) is 41.6 Å². The second-order valence-electron chi connectivity index (χ2n) is 4.98. The lowest BCUT2D eigenvalue weighted by molar-refractivity contribution is -0.125. The molecule has 0 atom stereocenters. The number of amides is 3. The first-order chi connectivity index (χ1) is 12.1. The SMILES string of the molecule is O=C(CSc1nnc(-c2ccccc2)o1)NCCN1C(=O)CSC1=O. The molecule has 0 spiro atoms. The highest BCUT2D eigenvalue weighted by molar-refractivity contribution is 8.14. The summed E-state index contributed by atoms with van der Waals surface area (Å²) in [5.74, 6) is 0.206. The van der Waals surface area contributed by atoms with Crippen LogP contribution in [0, 0.1) is 0 Å². The fourth-order valence-corrected chi connectivity index (χ4v) is 3.39. The Balaban J connectivity index is 1.41. The van der Waals surface area contributed by atoms with E-state index in [0.717, 1.165) is 34.0 Å². The van der Waals surface area contributed by atoms with Crippen molar-refractivity contribution in [3.63, 3.8) is 0 Å². The number of thioether (sulfide) groups is 2. The number of benzene rings is 1. The van der Waals surface area contributed by atoms with Crippen LogP contribution in [0.5, 0.6) is 0 Å². The fourth-order valence-electron chi connectivity index (χ4n) is 2.05. The number of nitrogens with zero attached hydrogens (tertiary/aromatic N) is 3. The van der Waals surface area contributed by atoms with E-state index in [4.69, 9.17) is 4.42 Å². The first kappa shape index (κ1) is 17.5. The molecular formula is C15H14N4O4S2. The van der Waals surface area contributed by atoms with E-state index in [1.54, 1.807) is 0 Å². The van der Waals surface area contributed by atoms with E-state index in [0.29, 0.717) is 11.1 Å². The molecule has 25 heavy (non-hydrogen) atoms. The highest BCUT2D eigenvalue weighted by atomic mass is 32.2. The van der Waals surface area contributed by atoms with Crippen LogP contribution in [-0.4, -0.2) is 56.7 Å². The van der Waals surface area contributed by atoms with Crippen molar-refractivity contribution < 1.29 is 18.8 Å². The van der Waals surface area contributed by atoms with Crippen molar-refractivity contribution in [3.05, 3.63) is 30.3 Å². The topological polar surface area (TPSA) is 105 Å². The summed E-state index contributed by atoms with van der Waals surface area (Å²) < 4.78 is 5.49. The van der Waals surface area contributed by atoms with Crippen LogP contribution in [-0.2, 0) is 9.59 Å². The van der Waals surface area contributed by atoms with Crippen LogP contribution in [0.1, 0.15) is 0 Å². The third-order valence-corrected chi connectivity index (χ3v) is 4.93. The number of nitrogens with one attached hydrogen (secondary N) is 1. The van der Waals surface area contributed by atoms with Gasteiger partial charge in [0.1, 0.15) is 0 Å². The number of carbonyl (C=O) groups excluding carboxylic acids is 3. The van der Waals surface area contributed by atoms with Crippen molar-refractivity contribution in [2.24, 2.45) is 0 Å². The Kier molecular flexibility index (Phi) is 5.71. The number of imide groups is 1. The zero-order chi connectivity index (χ0) is 17.6. The van der Waals surface area contributed by atoms with Gasteiger partial charge in [0.15, 0.2) is 0 Å². The van der Waals surface area contributed by atoms with Crippen LogP contribution in [0.25, 0.3) is 11.5 Å². The van der Waals surface area contributed by atoms with Crippen molar-refractivity contribution in [3.8, 4) is 11.5 Å². The Morgan fingerprint density at radius 1 is 1.28 bits per heavy atom. The van der Waals surface area contributed by atoms with Gasteiger partial charge >= 0.3 is 0 Å². The summed E-state index contributed by atoms with van der Waals surface area (Å²) in [5, 5.41) is 10.5. The van der Waals surface area contributed by atoms with Gasteiger partial charge in [-0.3, -0.25) is 19.3 Å². The van der Waals surface area contributed by atoms with E-state index in [1.807, 2.05) is 30.3 Å². The predicted octanol–water partition coefficient (Wildman–Crippen LogP) is 1.64. The molecule has 0 unspecified atom stereocenters. The number of hydrogen-bond donors (Lipinski definition) is 1.